The Hall–Kier alpha value is -1.53. The van der Waals surface area contributed by atoms with Crippen molar-refractivity contribution in [3.63, 3.8) is 0 Å². The van der Waals surface area contributed by atoms with Gasteiger partial charge >= 0.3 is 0 Å². The van der Waals surface area contributed by atoms with Gasteiger partial charge in [-0.1, -0.05) is 0 Å². The van der Waals surface area contributed by atoms with Gasteiger partial charge in [0.1, 0.15) is 11.6 Å². The van der Waals surface area contributed by atoms with Crippen LogP contribution in [0.1, 0.15) is 13.8 Å². The van der Waals surface area contributed by atoms with Crippen molar-refractivity contribution < 1.29 is 13.6 Å². The van der Waals surface area contributed by atoms with Gasteiger partial charge in [0.25, 0.3) is 0 Å². The molecule has 0 radical (unpaired) electrons. The molecule has 6 heteroatoms. The summed E-state index contributed by atoms with van der Waals surface area (Å²) in [5.74, 6) is -1.55. The standard InChI is InChI=1S/C14H19F2N3O/c1-9-6-19(7-10(2)17-9)8-14(20)18-13-5-11(15)3-4-12(13)16/h3-5,9-10,17H,6-8H2,1-2H3,(H,18,20). The van der Waals surface area contributed by atoms with Crippen molar-refractivity contribution in [1.82, 2.24) is 10.2 Å². The fourth-order valence-electron chi connectivity index (χ4n) is 2.56. The smallest absolute Gasteiger partial charge is 0.238 e. The molecule has 1 aliphatic heterocycles. The largest absolute Gasteiger partial charge is 0.322 e. The molecule has 1 amide bonds. The fraction of sp³-hybridized carbons (Fsp3) is 0.500. The summed E-state index contributed by atoms with van der Waals surface area (Å²) in [4.78, 5) is 13.9. The molecular formula is C14H19F2N3O. The molecule has 0 spiro atoms. The molecule has 2 N–H and O–H groups in total. The molecule has 0 bridgehead atoms. The van der Waals surface area contributed by atoms with Crippen molar-refractivity contribution in [2.24, 2.45) is 0 Å². The average Bonchev–Trinajstić information content (AvgIpc) is 2.32. The molecule has 1 aromatic rings. The predicted molar refractivity (Wildman–Crippen MR) is 73.5 cm³/mol. The van der Waals surface area contributed by atoms with Crippen LogP contribution >= 0.6 is 0 Å². The highest BCUT2D eigenvalue weighted by atomic mass is 19.1. The number of carbonyl (C=O) groups is 1. The minimum Gasteiger partial charge on any atom is -0.322 e. The van der Waals surface area contributed by atoms with E-state index < -0.39 is 11.6 Å². The first-order valence-electron chi connectivity index (χ1n) is 6.67. The van der Waals surface area contributed by atoms with Gasteiger partial charge in [-0.3, -0.25) is 9.69 Å². The van der Waals surface area contributed by atoms with Gasteiger partial charge < -0.3 is 10.6 Å². The number of anilines is 1. The lowest BCUT2D eigenvalue weighted by Gasteiger charge is -2.35. The van der Waals surface area contributed by atoms with Gasteiger partial charge in [0, 0.05) is 31.2 Å². The zero-order valence-electron chi connectivity index (χ0n) is 11.6. The summed E-state index contributed by atoms with van der Waals surface area (Å²) in [5.41, 5.74) is -0.119. The lowest BCUT2D eigenvalue weighted by Crippen LogP contribution is -2.55. The quantitative estimate of drug-likeness (QED) is 0.885. The molecule has 4 nitrogen and oxygen atoms in total. The lowest BCUT2D eigenvalue weighted by molar-refractivity contribution is -0.117. The number of nitrogens with one attached hydrogen (secondary N) is 2. The van der Waals surface area contributed by atoms with E-state index in [4.69, 9.17) is 0 Å². The number of piperazine rings is 1. The van der Waals surface area contributed by atoms with E-state index in [1.54, 1.807) is 0 Å². The Morgan fingerprint density at radius 2 is 2.00 bits per heavy atom. The molecule has 2 atom stereocenters. The van der Waals surface area contributed by atoms with Crippen molar-refractivity contribution in [2.75, 3.05) is 25.0 Å². The number of hydrogen-bond donors (Lipinski definition) is 2. The number of amides is 1. The van der Waals surface area contributed by atoms with Gasteiger partial charge in [-0.2, -0.15) is 0 Å². The first-order valence-corrected chi connectivity index (χ1v) is 6.67. The van der Waals surface area contributed by atoms with Crippen LogP contribution in [-0.2, 0) is 4.79 Å². The highest BCUT2D eigenvalue weighted by molar-refractivity contribution is 5.92. The number of rotatable bonds is 3. The SMILES string of the molecule is CC1CN(CC(=O)Nc2cc(F)ccc2F)CC(C)N1. The minimum atomic E-state index is -0.637. The maximum atomic E-state index is 13.4. The maximum Gasteiger partial charge on any atom is 0.238 e. The summed E-state index contributed by atoms with van der Waals surface area (Å²) in [7, 11) is 0. The van der Waals surface area contributed by atoms with Crippen LogP contribution in [0.25, 0.3) is 0 Å². The van der Waals surface area contributed by atoms with E-state index in [0.29, 0.717) is 12.1 Å². The molecule has 1 saturated heterocycles. The van der Waals surface area contributed by atoms with E-state index >= 15 is 0 Å². The van der Waals surface area contributed by atoms with Gasteiger partial charge in [0.05, 0.1) is 12.2 Å². The number of carbonyl (C=O) groups excluding carboxylic acids is 1. The molecule has 0 aromatic heterocycles. The molecule has 2 rings (SSSR count). The minimum absolute atomic E-state index is 0.119. The van der Waals surface area contributed by atoms with Gasteiger partial charge in [0.15, 0.2) is 0 Å². The third-order valence-corrected chi connectivity index (χ3v) is 3.20. The Morgan fingerprint density at radius 1 is 1.35 bits per heavy atom. The molecule has 1 aromatic carbocycles. The van der Waals surface area contributed by atoms with Crippen molar-refractivity contribution in [2.45, 2.75) is 25.9 Å². The summed E-state index contributed by atoms with van der Waals surface area (Å²) in [5, 5.41) is 5.78. The Bertz CT molecular complexity index is 485. The molecule has 1 fully saturated rings. The summed E-state index contributed by atoms with van der Waals surface area (Å²) in [6, 6.07) is 3.61. The van der Waals surface area contributed by atoms with Crippen LogP contribution in [-0.4, -0.2) is 42.5 Å². The summed E-state index contributed by atoms with van der Waals surface area (Å²) >= 11 is 0. The van der Waals surface area contributed by atoms with E-state index in [1.807, 2.05) is 18.7 Å². The van der Waals surface area contributed by atoms with Crippen LogP contribution in [0, 0.1) is 11.6 Å². The van der Waals surface area contributed by atoms with E-state index in [9.17, 15) is 13.6 Å². The molecule has 1 aliphatic rings. The Morgan fingerprint density at radius 3 is 2.65 bits per heavy atom. The van der Waals surface area contributed by atoms with Gasteiger partial charge in [-0.25, -0.2) is 8.78 Å². The molecule has 0 saturated carbocycles. The summed E-state index contributed by atoms with van der Waals surface area (Å²) in [6.07, 6.45) is 0. The van der Waals surface area contributed by atoms with Crippen LogP contribution in [0.2, 0.25) is 0 Å². The van der Waals surface area contributed by atoms with Crippen molar-refractivity contribution in [1.29, 1.82) is 0 Å². The normalized spacial score (nSPS) is 23.6. The molecule has 0 aliphatic carbocycles. The molecule has 2 unspecified atom stereocenters. The maximum absolute atomic E-state index is 13.4. The third-order valence-electron chi connectivity index (χ3n) is 3.20. The molecule has 1 heterocycles. The number of halogens is 2. The lowest BCUT2D eigenvalue weighted by atomic mass is 10.1. The second-order valence-corrected chi connectivity index (χ2v) is 5.34. The molecule has 110 valence electrons. The van der Waals surface area contributed by atoms with Gasteiger partial charge in [-0.15, -0.1) is 0 Å². The van der Waals surface area contributed by atoms with Gasteiger partial charge in [0.2, 0.25) is 5.91 Å². The van der Waals surface area contributed by atoms with Crippen LogP contribution < -0.4 is 10.6 Å². The van der Waals surface area contributed by atoms with E-state index in [2.05, 4.69) is 10.6 Å². The van der Waals surface area contributed by atoms with Crippen molar-refractivity contribution >= 4 is 11.6 Å². The zero-order chi connectivity index (χ0) is 14.7. The first kappa shape index (κ1) is 14.9. The predicted octanol–water partition coefficient (Wildman–Crippen LogP) is 1.59. The second kappa shape index (κ2) is 6.28. The summed E-state index contributed by atoms with van der Waals surface area (Å²) < 4.78 is 26.4. The Labute approximate surface area is 117 Å². The average molecular weight is 283 g/mol. The highest BCUT2D eigenvalue weighted by Gasteiger charge is 2.22. The first-order chi connectivity index (χ1) is 9.44. The fourth-order valence-corrected chi connectivity index (χ4v) is 2.56. The van der Waals surface area contributed by atoms with Crippen LogP contribution in [0.15, 0.2) is 18.2 Å². The monoisotopic (exact) mass is 283 g/mol. The second-order valence-electron chi connectivity index (χ2n) is 5.34. The third kappa shape index (κ3) is 3.98. The number of benzene rings is 1. The highest BCUT2D eigenvalue weighted by Crippen LogP contribution is 2.15. The van der Waals surface area contributed by atoms with Crippen LogP contribution in [0.4, 0.5) is 14.5 Å². The van der Waals surface area contributed by atoms with Crippen molar-refractivity contribution in [3.05, 3.63) is 29.8 Å². The molecular weight excluding hydrogens is 264 g/mol. The number of hydrogen-bond acceptors (Lipinski definition) is 3. The van der Waals surface area contributed by atoms with Crippen molar-refractivity contribution in [3.8, 4) is 0 Å². The van der Waals surface area contributed by atoms with Gasteiger partial charge in [-0.05, 0) is 26.0 Å². The summed E-state index contributed by atoms with van der Waals surface area (Å²) in [6.45, 7) is 5.78. The topological polar surface area (TPSA) is 44.4 Å². The number of nitrogens with zero attached hydrogens (tertiary/aromatic N) is 1. The van der Waals surface area contributed by atoms with Crippen LogP contribution in [0.5, 0.6) is 0 Å². The van der Waals surface area contributed by atoms with Crippen LogP contribution in [0.3, 0.4) is 0 Å². The Balaban J connectivity index is 1.93. The van der Waals surface area contributed by atoms with E-state index in [1.165, 1.54) is 0 Å². The molecule has 20 heavy (non-hydrogen) atoms. The van der Waals surface area contributed by atoms with E-state index in [0.717, 1.165) is 31.3 Å². The van der Waals surface area contributed by atoms with E-state index in [-0.39, 0.29) is 18.1 Å². The Kier molecular flexibility index (Phi) is 4.67. The zero-order valence-corrected chi connectivity index (χ0v) is 11.6.